The van der Waals surface area contributed by atoms with Gasteiger partial charge in [-0.3, -0.25) is 4.79 Å². The Kier molecular flexibility index (Phi) is 4.06. The third-order valence-electron chi connectivity index (χ3n) is 6.47. The normalized spacial score (nSPS) is 39.8. The maximum atomic E-state index is 11.9. The third-order valence-corrected chi connectivity index (χ3v) is 6.47. The lowest BCUT2D eigenvalue weighted by molar-refractivity contribution is -0.161. The van der Waals surface area contributed by atoms with E-state index in [1.54, 1.807) is 0 Å². The zero-order valence-electron chi connectivity index (χ0n) is 14.8. The average Bonchev–Trinajstić information content (AvgIpc) is 2.73. The number of fused-ring (bicyclic) bond motifs is 2. The van der Waals surface area contributed by atoms with Crippen molar-refractivity contribution in [3.8, 4) is 0 Å². The number of carbonyl (C=O) groups excluding carboxylic acids is 2. The van der Waals surface area contributed by atoms with Gasteiger partial charge in [0.2, 0.25) is 0 Å². The molecule has 0 aromatic rings. The molecule has 3 aliphatic rings. The summed E-state index contributed by atoms with van der Waals surface area (Å²) in [5.41, 5.74) is 2.19. The van der Waals surface area contributed by atoms with Gasteiger partial charge < -0.3 is 9.47 Å². The molecule has 3 rings (SSSR count). The smallest absolute Gasteiger partial charge is 0.334 e. The van der Waals surface area contributed by atoms with Crippen molar-refractivity contribution >= 4 is 11.9 Å². The fraction of sp³-hybridized carbons (Fsp3) is 0.789. The molecule has 128 valence electrons. The highest BCUT2D eigenvalue weighted by Gasteiger charge is 2.53. The van der Waals surface area contributed by atoms with E-state index >= 15 is 0 Å². The van der Waals surface area contributed by atoms with E-state index in [0.717, 1.165) is 31.3 Å². The highest BCUT2D eigenvalue weighted by molar-refractivity contribution is 5.91. The van der Waals surface area contributed by atoms with Crippen LogP contribution < -0.4 is 0 Å². The molecule has 0 radical (unpaired) electrons. The lowest BCUT2D eigenvalue weighted by Crippen LogP contribution is -2.48. The summed E-state index contributed by atoms with van der Waals surface area (Å²) in [6, 6.07) is 0. The van der Waals surface area contributed by atoms with E-state index in [-0.39, 0.29) is 35.5 Å². The Morgan fingerprint density at radius 2 is 2.00 bits per heavy atom. The maximum absolute atomic E-state index is 11.9. The summed E-state index contributed by atoms with van der Waals surface area (Å²) in [6.45, 7) is 10.2. The van der Waals surface area contributed by atoms with Crippen LogP contribution in [-0.2, 0) is 19.1 Å². The van der Waals surface area contributed by atoms with Crippen LogP contribution in [0.15, 0.2) is 11.1 Å². The predicted molar refractivity (Wildman–Crippen MR) is 86.5 cm³/mol. The van der Waals surface area contributed by atoms with Gasteiger partial charge in [0.1, 0.15) is 12.2 Å². The predicted octanol–water partition coefficient (Wildman–Crippen LogP) is 3.64. The van der Waals surface area contributed by atoms with Crippen molar-refractivity contribution < 1.29 is 19.1 Å². The first-order valence-corrected chi connectivity index (χ1v) is 8.83. The molecule has 4 heteroatoms. The van der Waals surface area contributed by atoms with Crippen LogP contribution in [0.3, 0.4) is 0 Å². The second-order valence-corrected chi connectivity index (χ2v) is 8.25. The number of esters is 2. The molecular formula is C19H28O4. The fourth-order valence-electron chi connectivity index (χ4n) is 4.60. The molecule has 5 atom stereocenters. The highest BCUT2D eigenvalue weighted by Crippen LogP contribution is 2.57. The summed E-state index contributed by atoms with van der Waals surface area (Å²) >= 11 is 0. The van der Waals surface area contributed by atoms with Crippen LogP contribution in [0.5, 0.6) is 0 Å². The second-order valence-electron chi connectivity index (χ2n) is 8.25. The maximum Gasteiger partial charge on any atom is 0.334 e. The lowest BCUT2D eigenvalue weighted by Gasteiger charge is -2.52. The van der Waals surface area contributed by atoms with Gasteiger partial charge in [0.05, 0.1) is 5.92 Å². The van der Waals surface area contributed by atoms with E-state index in [0.29, 0.717) is 11.8 Å². The van der Waals surface area contributed by atoms with Crippen molar-refractivity contribution in [3.05, 3.63) is 11.1 Å². The van der Waals surface area contributed by atoms with E-state index in [1.165, 1.54) is 5.57 Å². The monoisotopic (exact) mass is 320 g/mol. The van der Waals surface area contributed by atoms with Crippen LogP contribution in [0.1, 0.15) is 60.3 Å². The van der Waals surface area contributed by atoms with E-state index < -0.39 is 0 Å². The van der Waals surface area contributed by atoms with Gasteiger partial charge in [-0.25, -0.2) is 4.79 Å². The Bertz CT molecular complexity index is 562. The van der Waals surface area contributed by atoms with E-state index in [4.69, 9.17) is 9.47 Å². The van der Waals surface area contributed by atoms with Gasteiger partial charge in [0.15, 0.2) is 0 Å². The Morgan fingerprint density at radius 1 is 1.30 bits per heavy atom. The molecule has 1 aliphatic heterocycles. The highest BCUT2D eigenvalue weighted by atomic mass is 16.6. The minimum Gasteiger partial charge on any atom is -0.462 e. The molecule has 4 nitrogen and oxygen atoms in total. The Balaban J connectivity index is 1.78. The van der Waals surface area contributed by atoms with Crippen LogP contribution >= 0.6 is 0 Å². The van der Waals surface area contributed by atoms with Crippen LogP contribution in [-0.4, -0.2) is 24.1 Å². The van der Waals surface area contributed by atoms with Crippen LogP contribution in [0.2, 0.25) is 0 Å². The Hall–Kier alpha value is -1.32. The van der Waals surface area contributed by atoms with Crippen molar-refractivity contribution in [3.63, 3.8) is 0 Å². The summed E-state index contributed by atoms with van der Waals surface area (Å²) in [6.07, 6.45) is 3.56. The molecule has 5 unspecified atom stereocenters. The minimum absolute atomic E-state index is 0.00158. The van der Waals surface area contributed by atoms with Crippen molar-refractivity contribution in [1.29, 1.82) is 0 Å². The van der Waals surface area contributed by atoms with Gasteiger partial charge >= 0.3 is 11.9 Å². The van der Waals surface area contributed by atoms with Crippen molar-refractivity contribution in [2.75, 3.05) is 0 Å². The van der Waals surface area contributed by atoms with Crippen LogP contribution in [0.4, 0.5) is 0 Å². The fourth-order valence-corrected chi connectivity index (χ4v) is 4.60. The van der Waals surface area contributed by atoms with Crippen LogP contribution in [0.25, 0.3) is 0 Å². The second kappa shape index (κ2) is 5.64. The van der Waals surface area contributed by atoms with Crippen molar-refractivity contribution in [2.45, 2.75) is 72.5 Å². The van der Waals surface area contributed by atoms with Gasteiger partial charge in [0, 0.05) is 5.57 Å². The molecule has 23 heavy (non-hydrogen) atoms. The summed E-state index contributed by atoms with van der Waals surface area (Å²) in [5, 5.41) is 0. The first-order valence-electron chi connectivity index (χ1n) is 8.83. The molecule has 0 saturated heterocycles. The van der Waals surface area contributed by atoms with Gasteiger partial charge in [0.25, 0.3) is 0 Å². The standard InChI is InChI=1S/C19H28O4/c1-10(2)17(20)22-14-6-11(3)19(5)9-15-12(4)18(21)23-16(15)8-13(19)7-14/h10-11,13-14,16H,6-9H2,1-5H3. The molecule has 0 spiro atoms. The third kappa shape index (κ3) is 2.70. The van der Waals surface area contributed by atoms with E-state index in [9.17, 15) is 9.59 Å². The molecule has 2 fully saturated rings. The van der Waals surface area contributed by atoms with E-state index in [1.807, 2.05) is 20.8 Å². The summed E-state index contributed by atoms with van der Waals surface area (Å²) in [4.78, 5) is 23.8. The molecule has 0 bridgehead atoms. The van der Waals surface area contributed by atoms with E-state index in [2.05, 4.69) is 13.8 Å². The van der Waals surface area contributed by atoms with Gasteiger partial charge in [-0.2, -0.15) is 0 Å². The topological polar surface area (TPSA) is 52.6 Å². The molecule has 0 aromatic heterocycles. The molecule has 0 aromatic carbocycles. The van der Waals surface area contributed by atoms with Gasteiger partial charge in [-0.1, -0.05) is 27.7 Å². The first-order chi connectivity index (χ1) is 10.7. The summed E-state index contributed by atoms with van der Waals surface area (Å²) < 4.78 is 11.3. The molecule has 0 N–H and O–H groups in total. The van der Waals surface area contributed by atoms with Crippen LogP contribution in [0, 0.1) is 23.2 Å². The summed E-state index contributed by atoms with van der Waals surface area (Å²) in [5.74, 6) is 0.554. The SMILES string of the molecule is CC1=C2CC3(C)C(C)CC(OC(=O)C(C)C)CC3CC2OC1=O. The number of ether oxygens (including phenoxy) is 2. The zero-order valence-corrected chi connectivity index (χ0v) is 14.8. The van der Waals surface area contributed by atoms with Crippen molar-refractivity contribution in [2.24, 2.45) is 23.2 Å². The molecule has 2 aliphatic carbocycles. The average molecular weight is 320 g/mol. The first kappa shape index (κ1) is 16.5. The number of hydrogen-bond acceptors (Lipinski definition) is 4. The quantitative estimate of drug-likeness (QED) is 0.729. The number of carbonyl (C=O) groups is 2. The summed E-state index contributed by atoms with van der Waals surface area (Å²) in [7, 11) is 0. The minimum atomic E-state index is -0.150. The lowest BCUT2D eigenvalue weighted by atomic mass is 9.54. The van der Waals surface area contributed by atoms with Crippen molar-refractivity contribution in [1.82, 2.24) is 0 Å². The molecule has 1 heterocycles. The molecule has 2 saturated carbocycles. The molecule has 0 amide bonds. The zero-order chi connectivity index (χ0) is 16.9. The van der Waals surface area contributed by atoms with Gasteiger partial charge in [-0.15, -0.1) is 0 Å². The number of rotatable bonds is 2. The van der Waals surface area contributed by atoms with Gasteiger partial charge in [-0.05, 0) is 55.4 Å². The Labute approximate surface area is 138 Å². The Morgan fingerprint density at radius 3 is 2.65 bits per heavy atom. The largest absolute Gasteiger partial charge is 0.462 e. The molecular weight excluding hydrogens is 292 g/mol. The number of hydrogen-bond donors (Lipinski definition) is 0.